The quantitative estimate of drug-likeness (QED) is 0.809. The molecule has 6 nitrogen and oxygen atoms in total. The van der Waals surface area contributed by atoms with E-state index in [2.05, 4.69) is 4.72 Å². The summed E-state index contributed by atoms with van der Waals surface area (Å²) in [6.45, 7) is -0.0378. The van der Waals surface area contributed by atoms with E-state index in [9.17, 15) is 17.9 Å². The molecule has 2 rings (SSSR count). The Morgan fingerprint density at radius 3 is 2.82 bits per heavy atom. The summed E-state index contributed by atoms with van der Waals surface area (Å²) in [6, 6.07) is 6.44. The SMILES string of the molecule is COc1ccc(F)cc1S(=O)(=O)NCCC(O)c1ccco1. The normalized spacial score (nSPS) is 13.0. The Morgan fingerprint density at radius 2 is 2.18 bits per heavy atom. The predicted octanol–water partition coefficient (Wildman–Crippen LogP) is 1.83. The van der Waals surface area contributed by atoms with Gasteiger partial charge in [0.1, 0.15) is 28.3 Å². The zero-order valence-electron chi connectivity index (χ0n) is 11.8. The number of hydrogen-bond acceptors (Lipinski definition) is 5. The number of benzene rings is 1. The van der Waals surface area contributed by atoms with Crippen LogP contribution in [0, 0.1) is 5.82 Å². The Balaban J connectivity index is 2.04. The Morgan fingerprint density at radius 1 is 1.41 bits per heavy atom. The first-order chi connectivity index (χ1) is 10.4. The molecule has 1 aromatic heterocycles. The molecule has 0 amide bonds. The van der Waals surface area contributed by atoms with Crippen molar-refractivity contribution in [1.82, 2.24) is 4.72 Å². The van der Waals surface area contributed by atoms with Crippen LogP contribution in [-0.2, 0) is 10.0 Å². The van der Waals surface area contributed by atoms with Gasteiger partial charge in [0, 0.05) is 6.54 Å². The standard InChI is InChI=1S/C14H16FNO5S/c1-20-13-5-4-10(15)9-14(13)22(18,19)16-7-6-11(17)12-3-2-8-21-12/h2-5,8-9,11,16-17H,6-7H2,1H3. The molecule has 1 aromatic carbocycles. The molecule has 0 radical (unpaired) electrons. The molecule has 0 spiro atoms. The third kappa shape index (κ3) is 3.85. The average Bonchev–Trinajstić information content (AvgIpc) is 3.01. The van der Waals surface area contributed by atoms with Gasteiger partial charge in [0.2, 0.25) is 10.0 Å². The topological polar surface area (TPSA) is 88.8 Å². The summed E-state index contributed by atoms with van der Waals surface area (Å²) in [5.41, 5.74) is 0. The zero-order valence-corrected chi connectivity index (χ0v) is 12.6. The van der Waals surface area contributed by atoms with Crippen LogP contribution in [0.25, 0.3) is 0 Å². The molecule has 8 heteroatoms. The van der Waals surface area contributed by atoms with Gasteiger partial charge < -0.3 is 14.3 Å². The Kier molecular flexibility index (Phi) is 5.17. The van der Waals surface area contributed by atoms with E-state index in [-0.39, 0.29) is 23.6 Å². The highest BCUT2D eigenvalue weighted by atomic mass is 32.2. The minimum atomic E-state index is -3.95. The van der Waals surface area contributed by atoms with Gasteiger partial charge in [-0.25, -0.2) is 17.5 Å². The number of furan rings is 1. The molecule has 2 aromatic rings. The summed E-state index contributed by atoms with van der Waals surface area (Å²) in [7, 11) is -2.65. The minimum absolute atomic E-state index is 0.0378. The van der Waals surface area contributed by atoms with E-state index >= 15 is 0 Å². The van der Waals surface area contributed by atoms with Crippen LogP contribution in [0.3, 0.4) is 0 Å². The van der Waals surface area contributed by atoms with E-state index in [1.807, 2.05) is 0 Å². The van der Waals surface area contributed by atoms with Crippen molar-refractivity contribution in [2.45, 2.75) is 17.4 Å². The molecule has 1 heterocycles. The van der Waals surface area contributed by atoms with E-state index in [1.54, 1.807) is 12.1 Å². The van der Waals surface area contributed by atoms with Crippen LogP contribution in [0.1, 0.15) is 18.3 Å². The van der Waals surface area contributed by atoms with E-state index < -0.39 is 21.9 Å². The molecule has 2 N–H and O–H groups in total. The highest BCUT2D eigenvalue weighted by Gasteiger charge is 2.21. The molecule has 22 heavy (non-hydrogen) atoms. The molecule has 0 bridgehead atoms. The second-order valence-electron chi connectivity index (χ2n) is 4.51. The van der Waals surface area contributed by atoms with Crippen LogP contribution in [0.2, 0.25) is 0 Å². The second-order valence-corrected chi connectivity index (χ2v) is 6.25. The van der Waals surface area contributed by atoms with Gasteiger partial charge in [0.25, 0.3) is 0 Å². The van der Waals surface area contributed by atoms with Crippen molar-refractivity contribution in [3.63, 3.8) is 0 Å². The number of halogens is 1. The van der Waals surface area contributed by atoms with Gasteiger partial charge in [0.05, 0.1) is 13.4 Å². The van der Waals surface area contributed by atoms with Crippen LogP contribution in [0.15, 0.2) is 45.9 Å². The average molecular weight is 329 g/mol. The highest BCUT2D eigenvalue weighted by molar-refractivity contribution is 7.89. The van der Waals surface area contributed by atoms with Crippen molar-refractivity contribution in [1.29, 1.82) is 0 Å². The van der Waals surface area contributed by atoms with Crippen molar-refractivity contribution in [2.24, 2.45) is 0 Å². The maximum absolute atomic E-state index is 13.2. The van der Waals surface area contributed by atoms with Gasteiger partial charge in [-0.05, 0) is 36.8 Å². The fourth-order valence-corrected chi connectivity index (χ4v) is 3.12. The Bertz CT molecular complexity index is 715. The molecule has 0 aliphatic carbocycles. The summed E-state index contributed by atoms with van der Waals surface area (Å²) in [6.07, 6.45) is 0.608. The molecule has 120 valence electrons. The first-order valence-electron chi connectivity index (χ1n) is 6.48. The van der Waals surface area contributed by atoms with Crippen LogP contribution in [0.5, 0.6) is 5.75 Å². The largest absolute Gasteiger partial charge is 0.495 e. The third-order valence-corrected chi connectivity index (χ3v) is 4.48. The molecule has 1 unspecified atom stereocenters. The zero-order chi connectivity index (χ0) is 16.2. The summed E-state index contributed by atoms with van der Waals surface area (Å²) in [4.78, 5) is -0.289. The lowest BCUT2D eigenvalue weighted by molar-refractivity contribution is 0.141. The fraction of sp³-hybridized carbons (Fsp3) is 0.286. The number of ether oxygens (including phenoxy) is 1. The molecule has 1 atom stereocenters. The summed E-state index contributed by atoms with van der Waals surface area (Å²) < 4.78 is 49.8. The van der Waals surface area contributed by atoms with E-state index in [0.29, 0.717) is 5.76 Å². The number of aliphatic hydroxyl groups is 1. The molecular formula is C14H16FNO5S. The van der Waals surface area contributed by atoms with E-state index in [1.165, 1.54) is 19.4 Å². The van der Waals surface area contributed by atoms with Crippen LogP contribution in [0.4, 0.5) is 4.39 Å². The molecule has 0 aliphatic heterocycles. The lowest BCUT2D eigenvalue weighted by Gasteiger charge is -2.12. The van der Waals surface area contributed by atoms with Gasteiger partial charge in [-0.1, -0.05) is 0 Å². The summed E-state index contributed by atoms with van der Waals surface area (Å²) in [5, 5.41) is 9.81. The number of sulfonamides is 1. The van der Waals surface area contributed by atoms with Gasteiger partial charge in [-0.2, -0.15) is 0 Å². The molecule has 0 fully saturated rings. The predicted molar refractivity (Wildman–Crippen MR) is 76.4 cm³/mol. The highest BCUT2D eigenvalue weighted by Crippen LogP contribution is 2.24. The van der Waals surface area contributed by atoms with Crippen molar-refractivity contribution in [3.05, 3.63) is 48.2 Å². The number of nitrogens with one attached hydrogen (secondary N) is 1. The van der Waals surface area contributed by atoms with E-state index in [4.69, 9.17) is 9.15 Å². The maximum atomic E-state index is 13.2. The molecule has 0 saturated heterocycles. The number of methoxy groups -OCH3 is 1. The van der Waals surface area contributed by atoms with Crippen LogP contribution < -0.4 is 9.46 Å². The number of hydrogen-bond donors (Lipinski definition) is 2. The summed E-state index contributed by atoms with van der Waals surface area (Å²) in [5.74, 6) is -0.292. The van der Waals surface area contributed by atoms with Crippen molar-refractivity contribution < 1.29 is 27.1 Å². The number of rotatable bonds is 7. The first kappa shape index (κ1) is 16.5. The molecular weight excluding hydrogens is 313 g/mol. The summed E-state index contributed by atoms with van der Waals surface area (Å²) >= 11 is 0. The van der Waals surface area contributed by atoms with Crippen molar-refractivity contribution in [2.75, 3.05) is 13.7 Å². The van der Waals surface area contributed by atoms with Gasteiger partial charge >= 0.3 is 0 Å². The third-order valence-electron chi connectivity index (χ3n) is 3.00. The second kappa shape index (κ2) is 6.91. The smallest absolute Gasteiger partial charge is 0.244 e. The monoisotopic (exact) mass is 329 g/mol. The van der Waals surface area contributed by atoms with Crippen LogP contribution >= 0.6 is 0 Å². The van der Waals surface area contributed by atoms with Crippen LogP contribution in [-0.4, -0.2) is 27.2 Å². The van der Waals surface area contributed by atoms with Crippen molar-refractivity contribution >= 4 is 10.0 Å². The first-order valence-corrected chi connectivity index (χ1v) is 7.97. The minimum Gasteiger partial charge on any atom is -0.495 e. The lowest BCUT2D eigenvalue weighted by atomic mass is 10.2. The maximum Gasteiger partial charge on any atom is 0.244 e. The van der Waals surface area contributed by atoms with Gasteiger partial charge in [-0.3, -0.25) is 0 Å². The van der Waals surface area contributed by atoms with E-state index in [0.717, 1.165) is 12.1 Å². The number of aliphatic hydroxyl groups excluding tert-OH is 1. The Labute approximate surface area is 127 Å². The van der Waals surface area contributed by atoms with Crippen molar-refractivity contribution in [3.8, 4) is 5.75 Å². The molecule has 0 saturated carbocycles. The lowest BCUT2D eigenvalue weighted by Crippen LogP contribution is -2.26. The Hall–Kier alpha value is -1.90. The van der Waals surface area contributed by atoms with Gasteiger partial charge in [-0.15, -0.1) is 0 Å². The molecule has 0 aliphatic rings. The fourth-order valence-electron chi connectivity index (χ4n) is 1.89. The van der Waals surface area contributed by atoms with Gasteiger partial charge in [0.15, 0.2) is 0 Å².